The third-order valence-corrected chi connectivity index (χ3v) is 1.81. The summed E-state index contributed by atoms with van der Waals surface area (Å²) in [5.41, 5.74) is 5.99. The molecule has 1 rings (SSSR count). The minimum Gasteiger partial charge on any atom is -0.481 e. The summed E-state index contributed by atoms with van der Waals surface area (Å²) in [7, 11) is 1.42. The van der Waals surface area contributed by atoms with Crippen LogP contribution in [0, 0.1) is 6.92 Å². The highest BCUT2D eigenvalue weighted by Gasteiger charge is 2.16. The number of pyridine rings is 1. The number of nitrogen functional groups attached to an aromatic ring is 1. The summed E-state index contributed by atoms with van der Waals surface area (Å²) in [6, 6.07) is 0. The van der Waals surface area contributed by atoms with Gasteiger partial charge in [0.1, 0.15) is 5.56 Å². The third-order valence-electron chi connectivity index (χ3n) is 1.81. The van der Waals surface area contributed by atoms with Crippen LogP contribution in [0.2, 0.25) is 0 Å². The zero-order valence-electron chi connectivity index (χ0n) is 7.70. The molecule has 14 heavy (non-hydrogen) atoms. The summed E-state index contributed by atoms with van der Waals surface area (Å²) in [6.45, 7) is 1.61. The molecule has 1 aromatic rings. The van der Waals surface area contributed by atoms with Gasteiger partial charge in [0.05, 0.1) is 12.8 Å². The number of hydrogen-bond donors (Lipinski definition) is 1. The molecule has 0 aliphatic heterocycles. The van der Waals surface area contributed by atoms with Crippen molar-refractivity contribution in [1.29, 1.82) is 0 Å². The van der Waals surface area contributed by atoms with Crippen LogP contribution in [0.15, 0.2) is 6.20 Å². The molecule has 5 nitrogen and oxygen atoms in total. The maximum absolute atomic E-state index is 11.6. The van der Waals surface area contributed by atoms with E-state index in [1.165, 1.54) is 7.11 Å². The van der Waals surface area contributed by atoms with Crippen molar-refractivity contribution in [2.45, 2.75) is 6.92 Å². The van der Waals surface area contributed by atoms with Gasteiger partial charge in [-0.1, -0.05) is 0 Å². The molecule has 0 saturated heterocycles. The zero-order chi connectivity index (χ0) is 10.7. The molecule has 0 aliphatic carbocycles. The van der Waals surface area contributed by atoms with Gasteiger partial charge in [0, 0.05) is 16.3 Å². The lowest BCUT2D eigenvalue weighted by molar-refractivity contribution is -0.0787. The van der Waals surface area contributed by atoms with Crippen LogP contribution < -0.4 is 10.5 Å². The van der Waals surface area contributed by atoms with E-state index in [4.69, 9.17) is 10.5 Å². The lowest BCUT2D eigenvalue weighted by Crippen LogP contribution is -2.07. The van der Waals surface area contributed by atoms with Gasteiger partial charge in [0.15, 0.2) is 0 Å². The zero-order valence-corrected chi connectivity index (χ0v) is 7.70. The largest absolute Gasteiger partial charge is 0.481 e. The van der Waals surface area contributed by atoms with Crippen LogP contribution in [0.5, 0.6) is 5.88 Å². The molecule has 2 N–H and O–H groups in total. The fraction of sp³-hybridized carbons (Fsp3) is 0.250. The first-order chi connectivity index (χ1) is 6.61. The number of carbonyl (C=O) groups excluding carboxylic acids is 1. The minimum absolute atomic E-state index is 0.0968. The standard InChI is InChI=1S/C8H9FN2O3/c1-4-6(10)5(8(12)14-9)3-11-7(4)13-2/h3H,1-2H3,(H2,10,11). The molecule has 0 radical (unpaired) electrons. The van der Waals surface area contributed by atoms with Crippen LogP contribution in [-0.4, -0.2) is 18.1 Å². The highest BCUT2D eigenvalue weighted by molar-refractivity contribution is 5.95. The van der Waals surface area contributed by atoms with Gasteiger partial charge >= 0.3 is 5.97 Å². The maximum atomic E-state index is 11.6. The topological polar surface area (TPSA) is 74.4 Å². The molecule has 1 aromatic heterocycles. The quantitative estimate of drug-likeness (QED) is 0.771. The Morgan fingerprint density at radius 2 is 2.29 bits per heavy atom. The van der Waals surface area contributed by atoms with Crippen LogP contribution in [0.1, 0.15) is 15.9 Å². The van der Waals surface area contributed by atoms with E-state index in [0.29, 0.717) is 5.56 Å². The molecular formula is C8H9FN2O3. The number of methoxy groups -OCH3 is 1. The normalized spacial score (nSPS) is 9.64. The second-order valence-corrected chi connectivity index (χ2v) is 2.58. The molecule has 0 atom stereocenters. The van der Waals surface area contributed by atoms with E-state index in [1.807, 2.05) is 0 Å². The fourth-order valence-corrected chi connectivity index (χ4v) is 1.02. The Balaban J connectivity index is 3.24. The van der Waals surface area contributed by atoms with Crippen molar-refractivity contribution in [1.82, 2.24) is 4.98 Å². The van der Waals surface area contributed by atoms with E-state index in [1.54, 1.807) is 6.92 Å². The van der Waals surface area contributed by atoms with Gasteiger partial charge in [-0.05, 0) is 6.92 Å². The van der Waals surface area contributed by atoms with E-state index in [9.17, 15) is 9.32 Å². The second kappa shape index (κ2) is 3.91. The van der Waals surface area contributed by atoms with Crippen molar-refractivity contribution in [3.63, 3.8) is 0 Å². The Labute approximate surface area is 79.5 Å². The molecule has 0 unspecified atom stereocenters. The molecule has 0 spiro atoms. The molecule has 0 fully saturated rings. The average molecular weight is 200 g/mol. The van der Waals surface area contributed by atoms with Crippen LogP contribution in [0.25, 0.3) is 0 Å². The van der Waals surface area contributed by atoms with Crippen molar-refractivity contribution in [3.05, 3.63) is 17.3 Å². The van der Waals surface area contributed by atoms with Gasteiger partial charge < -0.3 is 10.5 Å². The average Bonchev–Trinajstić information content (AvgIpc) is 2.21. The number of carbonyl (C=O) groups is 1. The molecule has 0 bridgehead atoms. The van der Waals surface area contributed by atoms with Gasteiger partial charge in [0.2, 0.25) is 5.88 Å². The predicted molar refractivity (Wildman–Crippen MR) is 46.5 cm³/mol. The highest BCUT2D eigenvalue weighted by atomic mass is 19.3. The smallest absolute Gasteiger partial charge is 0.383 e. The number of nitrogens with two attached hydrogens (primary N) is 1. The monoisotopic (exact) mass is 200 g/mol. The lowest BCUT2D eigenvalue weighted by atomic mass is 10.1. The number of rotatable bonds is 2. The van der Waals surface area contributed by atoms with E-state index in [-0.39, 0.29) is 17.1 Å². The molecular weight excluding hydrogens is 191 g/mol. The first-order valence-electron chi connectivity index (χ1n) is 3.73. The number of ether oxygens (including phenoxy) is 1. The summed E-state index contributed by atoms with van der Waals surface area (Å²) < 4.78 is 16.5. The molecule has 0 saturated carbocycles. The van der Waals surface area contributed by atoms with Crippen LogP contribution in [0.3, 0.4) is 0 Å². The third kappa shape index (κ3) is 1.59. The maximum Gasteiger partial charge on any atom is 0.383 e. The van der Waals surface area contributed by atoms with Crippen LogP contribution >= 0.6 is 0 Å². The molecule has 1 heterocycles. The van der Waals surface area contributed by atoms with Crippen LogP contribution in [0.4, 0.5) is 10.2 Å². The molecule has 0 aliphatic rings. The number of nitrogens with zero attached hydrogens (tertiary/aromatic N) is 1. The Kier molecular flexibility index (Phi) is 2.85. The van der Waals surface area contributed by atoms with Gasteiger partial charge in [-0.25, -0.2) is 14.7 Å². The Bertz CT molecular complexity index is 368. The van der Waals surface area contributed by atoms with E-state index in [0.717, 1.165) is 6.20 Å². The first kappa shape index (κ1) is 10.2. The molecule has 0 aromatic carbocycles. The van der Waals surface area contributed by atoms with E-state index in [2.05, 4.69) is 9.93 Å². The van der Waals surface area contributed by atoms with Crippen molar-refractivity contribution >= 4 is 11.7 Å². The highest BCUT2D eigenvalue weighted by Crippen LogP contribution is 2.24. The van der Waals surface area contributed by atoms with E-state index < -0.39 is 5.97 Å². The number of hydrogen-bond acceptors (Lipinski definition) is 5. The summed E-state index contributed by atoms with van der Waals surface area (Å²) in [6.07, 6.45) is 1.10. The Hall–Kier alpha value is -1.85. The summed E-state index contributed by atoms with van der Waals surface area (Å²) in [4.78, 5) is 17.6. The van der Waals surface area contributed by atoms with Gasteiger partial charge in [-0.2, -0.15) is 0 Å². The van der Waals surface area contributed by atoms with Crippen molar-refractivity contribution in [2.24, 2.45) is 0 Å². The summed E-state index contributed by atoms with van der Waals surface area (Å²) in [5.74, 6) is -0.876. The minimum atomic E-state index is -1.17. The van der Waals surface area contributed by atoms with Crippen molar-refractivity contribution < 1.29 is 19.0 Å². The van der Waals surface area contributed by atoms with Crippen LogP contribution in [-0.2, 0) is 4.94 Å². The van der Waals surface area contributed by atoms with Gasteiger partial charge in [-0.15, -0.1) is 0 Å². The van der Waals surface area contributed by atoms with Gasteiger partial charge in [0.25, 0.3) is 0 Å². The Morgan fingerprint density at radius 1 is 1.64 bits per heavy atom. The SMILES string of the molecule is COc1ncc(C(=O)OF)c(N)c1C. The predicted octanol–water partition coefficient (Wildman–Crippen LogP) is 1.02. The van der Waals surface area contributed by atoms with Crippen molar-refractivity contribution in [3.8, 4) is 5.88 Å². The summed E-state index contributed by atoms with van der Waals surface area (Å²) in [5, 5.41) is 0. The Morgan fingerprint density at radius 3 is 2.79 bits per heavy atom. The first-order valence-corrected chi connectivity index (χ1v) is 3.73. The molecule has 0 amide bonds. The second-order valence-electron chi connectivity index (χ2n) is 2.58. The number of anilines is 1. The van der Waals surface area contributed by atoms with Gasteiger partial charge in [-0.3, -0.25) is 0 Å². The summed E-state index contributed by atoms with van der Waals surface area (Å²) >= 11 is 0. The van der Waals surface area contributed by atoms with E-state index >= 15 is 0 Å². The van der Waals surface area contributed by atoms with Crippen molar-refractivity contribution in [2.75, 3.05) is 12.8 Å². The lowest BCUT2D eigenvalue weighted by Gasteiger charge is -2.07. The number of aromatic nitrogens is 1. The molecule has 76 valence electrons. The fourth-order valence-electron chi connectivity index (χ4n) is 1.02. The molecule has 6 heteroatoms. The number of halogens is 1.